The van der Waals surface area contributed by atoms with Gasteiger partial charge in [0, 0.05) is 36.7 Å². The number of hydrogen-bond acceptors (Lipinski definition) is 5. The van der Waals surface area contributed by atoms with Gasteiger partial charge >= 0.3 is 0 Å². The third kappa shape index (κ3) is 5.95. The first kappa shape index (κ1) is 27.4. The second kappa shape index (κ2) is 11.4. The first-order valence-corrected chi connectivity index (χ1v) is 14.3. The molecule has 0 bridgehead atoms. The molecule has 7 nitrogen and oxygen atoms in total. The average molecular weight is 608 g/mol. The van der Waals surface area contributed by atoms with E-state index in [1.54, 1.807) is 31.4 Å². The maximum absolute atomic E-state index is 13.3. The molecule has 0 spiro atoms. The molecule has 1 heterocycles. The molecular weight excluding hydrogens is 580 g/mol. The normalized spacial score (nSPS) is 15.1. The second-order valence-corrected chi connectivity index (χ2v) is 12.2. The highest BCUT2D eigenvalue weighted by Gasteiger charge is 2.35. The molecule has 1 amide bonds. The number of benzene rings is 3. The Kier molecular flexibility index (Phi) is 8.48. The van der Waals surface area contributed by atoms with Gasteiger partial charge in [-0.2, -0.15) is 0 Å². The van der Waals surface area contributed by atoms with Crippen LogP contribution in [0.15, 0.2) is 76.1 Å². The van der Waals surface area contributed by atoms with E-state index in [1.165, 1.54) is 25.2 Å². The first-order chi connectivity index (χ1) is 17.7. The Balaban J connectivity index is 1.57. The van der Waals surface area contributed by atoms with Crippen molar-refractivity contribution in [1.29, 1.82) is 0 Å². The number of nitrogens with zero attached hydrogens (tertiary/aromatic N) is 1. The zero-order chi connectivity index (χ0) is 26.6. The van der Waals surface area contributed by atoms with Crippen LogP contribution in [-0.2, 0) is 20.2 Å². The van der Waals surface area contributed by atoms with Crippen molar-refractivity contribution in [3.63, 3.8) is 0 Å². The van der Waals surface area contributed by atoms with E-state index < -0.39 is 15.9 Å². The Morgan fingerprint density at radius 2 is 1.81 bits per heavy atom. The zero-order valence-corrected chi connectivity index (χ0v) is 23.7. The van der Waals surface area contributed by atoms with Gasteiger partial charge in [0.15, 0.2) is 0 Å². The summed E-state index contributed by atoms with van der Waals surface area (Å²) in [6.07, 6.45) is 1.50. The predicted molar refractivity (Wildman–Crippen MR) is 148 cm³/mol. The van der Waals surface area contributed by atoms with Gasteiger partial charge in [0.25, 0.3) is 15.9 Å². The van der Waals surface area contributed by atoms with Gasteiger partial charge < -0.3 is 14.8 Å². The molecule has 3 aromatic rings. The van der Waals surface area contributed by atoms with Crippen LogP contribution in [0.3, 0.4) is 0 Å². The van der Waals surface area contributed by atoms with Crippen molar-refractivity contribution in [2.75, 3.05) is 38.2 Å². The van der Waals surface area contributed by atoms with Crippen LogP contribution in [0, 0.1) is 0 Å². The quantitative estimate of drug-likeness (QED) is 0.370. The third-order valence-corrected chi connectivity index (χ3v) is 9.36. The minimum absolute atomic E-state index is 0.0341. The Morgan fingerprint density at radius 1 is 1.11 bits per heavy atom. The van der Waals surface area contributed by atoms with Crippen molar-refractivity contribution in [1.82, 2.24) is 5.32 Å². The number of rotatable bonds is 8. The molecule has 37 heavy (non-hydrogen) atoms. The van der Waals surface area contributed by atoms with E-state index in [4.69, 9.17) is 21.1 Å². The molecule has 0 unspecified atom stereocenters. The molecule has 196 valence electrons. The number of hydrogen-bond donors (Lipinski definition) is 1. The van der Waals surface area contributed by atoms with E-state index >= 15 is 0 Å². The molecule has 1 N–H and O–H groups in total. The standard InChI is InChI=1S/C27H28BrClN2O5S/c1-31(21-6-8-22(35-2)9-7-21)37(33,34)23-10-11-25(29)24(17-23)26(32)30-18-27(12-14-36-15-13-27)19-4-3-5-20(28)16-19/h3-11,16-17H,12-15,18H2,1-2H3,(H,30,32). The van der Waals surface area contributed by atoms with Gasteiger partial charge in [-0.1, -0.05) is 39.7 Å². The number of carbonyl (C=O) groups excluding carboxylic acids is 1. The number of amides is 1. The fourth-order valence-electron chi connectivity index (χ4n) is 4.42. The summed E-state index contributed by atoms with van der Waals surface area (Å²) in [6, 6.07) is 18.9. The van der Waals surface area contributed by atoms with Gasteiger partial charge in [-0.15, -0.1) is 0 Å². The van der Waals surface area contributed by atoms with E-state index in [0.29, 0.717) is 31.2 Å². The van der Waals surface area contributed by atoms with E-state index in [1.807, 2.05) is 12.1 Å². The molecule has 0 aromatic heterocycles. The lowest BCUT2D eigenvalue weighted by molar-refractivity contribution is 0.0487. The molecule has 4 rings (SSSR count). The summed E-state index contributed by atoms with van der Waals surface area (Å²) in [4.78, 5) is 13.2. The van der Waals surface area contributed by atoms with Gasteiger partial charge in [0.1, 0.15) is 5.75 Å². The number of carbonyl (C=O) groups is 1. The molecule has 0 aliphatic carbocycles. The lowest BCUT2D eigenvalue weighted by Gasteiger charge is -2.38. The fraction of sp³-hybridized carbons (Fsp3) is 0.296. The van der Waals surface area contributed by atoms with Gasteiger partial charge in [0.2, 0.25) is 0 Å². The Labute approximate surface area is 230 Å². The van der Waals surface area contributed by atoms with E-state index in [9.17, 15) is 13.2 Å². The number of anilines is 1. The average Bonchev–Trinajstić information content (AvgIpc) is 2.92. The largest absolute Gasteiger partial charge is 0.497 e. The van der Waals surface area contributed by atoms with Crippen molar-refractivity contribution < 1.29 is 22.7 Å². The van der Waals surface area contributed by atoms with Crippen molar-refractivity contribution in [2.45, 2.75) is 23.2 Å². The van der Waals surface area contributed by atoms with Crippen LogP contribution in [0.1, 0.15) is 28.8 Å². The van der Waals surface area contributed by atoms with Crippen LogP contribution in [-0.4, -0.2) is 48.2 Å². The monoisotopic (exact) mass is 606 g/mol. The summed E-state index contributed by atoms with van der Waals surface area (Å²) >= 11 is 9.89. The summed E-state index contributed by atoms with van der Waals surface area (Å²) in [7, 11) is -0.951. The Hall–Kier alpha value is -2.59. The van der Waals surface area contributed by atoms with Crippen LogP contribution in [0.4, 0.5) is 5.69 Å². The lowest BCUT2D eigenvalue weighted by atomic mass is 9.74. The molecule has 0 saturated carbocycles. The fourth-order valence-corrected chi connectivity index (χ4v) is 6.25. The molecule has 0 atom stereocenters. The van der Waals surface area contributed by atoms with Gasteiger partial charge in [-0.05, 0) is 73.0 Å². The van der Waals surface area contributed by atoms with Crippen LogP contribution in [0.25, 0.3) is 0 Å². The van der Waals surface area contributed by atoms with Gasteiger partial charge in [-0.25, -0.2) is 8.42 Å². The molecule has 10 heteroatoms. The third-order valence-electron chi connectivity index (χ3n) is 6.75. The number of methoxy groups -OCH3 is 1. The van der Waals surface area contributed by atoms with Crippen molar-refractivity contribution in [3.8, 4) is 5.75 Å². The van der Waals surface area contributed by atoms with Crippen LogP contribution >= 0.6 is 27.5 Å². The SMILES string of the molecule is COc1ccc(N(C)S(=O)(=O)c2ccc(Cl)c(C(=O)NCC3(c4cccc(Br)c4)CCOCC3)c2)cc1. The van der Waals surface area contributed by atoms with Crippen LogP contribution < -0.4 is 14.4 Å². The summed E-state index contributed by atoms with van der Waals surface area (Å²) in [5.41, 5.74) is 1.36. The van der Waals surface area contributed by atoms with E-state index in [0.717, 1.165) is 27.2 Å². The topological polar surface area (TPSA) is 84.9 Å². The number of halogens is 2. The molecule has 1 saturated heterocycles. The Morgan fingerprint density at radius 3 is 2.46 bits per heavy atom. The first-order valence-electron chi connectivity index (χ1n) is 11.7. The number of ether oxygens (including phenoxy) is 2. The maximum Gasteiger partial charge on any atom is 0.264 e. The van der Waals surface area contributed by atoms with Gasteiger partial charge in [0.05, 0.1) is 28.3 Å². The summed E-state index contributed by atoms with van der Waals surface area (Å²) in [6.45, 7) is 1.55. The summed E-state index contributed by atoms with van der Waals surface area (Å²) in [5.74, 6) is 0.181. The van der Waals surface area contributed by atoms with Crippen LogP contribution in [0.5, 0.6) is 5.75 Å². The highest BCUT2D eigenvalue weighted by Crippen LogP contribution is 2.36. The highest BCUT2D eigenvalue weighted by molar-refractivity contribution is 9.10. The molecule has 1 fully saturated rings. The van der Waals surface area contributed by atoms with E-state index in [2.05, 4.69) is 33.4 Å². The summed E-state index contributed by atoms with van der Waals surface area (Å²) in [5, 5.41) is 3.18. The van der Waals surface area contributed by atoms with Gasteiger partial charge in [-0.3, -0.25) is 9.10 Å². The lowest BCUT2D eigenvalue weighted by Crippen LogP contribution is -2.44. The maximum atomic E-state index is 13.3. The Bertz CT molecular complexity index is 1380. The minimum atomic E-state index is -3.95. The summed E-state index contributed by atoms with van der Waals surface area (Å²) < 4.78 is 39.5. The highest BCUT2D eigenvalue weighted by atomic mass is 79.9. The second-order valence-electron chi connectivity index (χ2n) is 8.90. The molecule has 1 aliphatic heterocycles. The molecule has 0 radical (unpaired) electrons. The molecule has 3 aromatic carbocycles. The number of sulfonamides is 1. The van der Waals surface area contributed by atoms with Crippen molar-refractivity contribution in [3.05, 3.63) is 87.4 Å². The van der Waals surface area contributed by atoms with Crippen LogP contribution in [0.2, 0.25) is 5.02 Å². The molecular formula is C27H28BrClN2O5S. The minimum Gasteiger partial charge on any atom is -0.497 e. The van der Waals surface area contributed by atoms with E-state index in [-0.39, 0.29) is 20.9 Å². The molecule has 1 aliphatic rings. The van der Waals surface area contributed by atoms with Crippen molar-refractivity contribution in [2.24, 2.45) is 0 Å². The predicted octanol–water partition coefficient (Wildman–Crippen LogP) is 5.41. The van der Waals surface area contributed by atoms with Crippen molar-refractivity contribution >= 4 is 49.1 Å². The zero-order valence-electron chi connectivity index (χ0n) is 20.5. The number of nitrogens with one attached hydrogen (secondary N) is 1. The smallest absolute Gasteiger partial charge is 0.264 e.